The van der Waals surface area contributed by atoms with E-state index in [1.54, 1.807) is 0 Å². The van der Waals surface area contributed by atoms with Gasteiger partial charge in [-0.05, 0) is 38.5 Å². The number of hydrogen-bond donors (Lipinski definition) is 0. The third-order valence-corrected chi connectivity index (χ3v) is 6.56. The van der Waals surface area contributed by atoms with Crippen LogP contribution in [0.2, 0.25) is 0 Å². The van der Waals surface area contributed by atoms with Gasteiger partial charge in [-0.25, -0.2) is 0 Å². The summed E-state index contributed by atoms with van der Waals surface area (Å²) < 4.78 is 12.0. The average molecular weight is 293 g/mol. The van der Waals surface area contributed by atoms with Gasteiger partial charge in [-0.3, -0.25) is 4.79 Å². The number of likely N-dealkylation sites (tertiary alicyclic amines) is 1. The third kappa shape index (κ3) is 1.84. The Hall–Kier alpha value is -0.610. The van der Waals surface area contributed by atoms with Crippen molar-refractivity contribution >= 4 is 5.91 Å². The second kappa shape index (κ2) is 4.95. The standard InChI is InChI=1S/C17H27NO3/c1-13(14-6-3-2-4-7-14)18-12-17(20-10-11-21-17)16(15(18)19)8-5-9-16/h13-14H,2-12H2,1H3. The van der Waals surface area contributed by atoms with Gasteiger partial charge in [0.1, 0.15) is 5.41 Å². The van der Waals surface area contributed by atoms with Crippen molar-refractivity contribution in [2.75, 3.05) is 19.8 Å². The Labute approximate surface area is 127 Å². The van der Waals surface area contributed by atoms with E-state index in [1.807, 2.05) is 0 Å². The smallest absolute Gasteiger partial charge is 0.234 e. The third-order valence-electron chi connectivity index (χ3n) is 6.56. The van der Waals surface area contributed by atoms with Crippen LogP contribution < -0.4 is 0 Å². The van der Waals surface area contributed by atoms with Gasteiger partial charge in [-0.1, -0.05) is 25.7 Å². The maximum atomic E-state index is 13.1. The lowest BCUT2D eigenvalue weighted by atomic mass is 9.64. The zero-order valence-electron chi connectivity index (χ0n) is 13.1. The van der Waals surface area contributed by atoms with E-state index in [4.69, 9.17) is 9.47 Å². The van der Waals surface area contributed by atoms with Gasteiger partial charge in [0.05, 0.1) is 19.8 Å². The number of ether oxygens (including phenoxy) is 2. The topological polar surface area (TPSA) is 38.8 Å². The Bertz CT molecular complexity index is 420. The predicted molar refractivity (Wildman–Crippen MR) is 78.7 cm³/mol. The Balaban J connectivity index is 1.58. The minimum absolute atomic E-state index is 0.314. The van der Waals surface area contributed by atoms with Crippen LogP contribution in [0.15, 0.2) is 0 Å². The molecule has 0 radical (unpaired) electrons. The summed E-state index contributed by atoms with van der Waals surface area (Å²) in [7, 11) is 0. The highest BCUT2D eigenvalue weighted by molar-refractivity contribution is 5.88. The quantitative estimate of drug-likeness (QED) is 0.786. The lowest BCUT2D eigenvalue weighted by molar-refractivity contribution is -0.231. The van der Waals surface area contributed by atoms with Crippen molar-refractivity contribution in [1.82, 2.24) is 4.90 Å². The summed E-state index contributed by atoms with van der Waals surface area (Å²) in [5.41, 5.74) is -0.355. The zero-order chi connectivity index (χ0) is 14.5. The summed E-state index contributed by atoms with van der Waals surface area (Å²) in [6.07, 6.45) is 9.56. The van der Waals surface area contributed by atoms with E-state index in [9.17, 15) is 4.79 Å². The fourth-order valence-corrected chi connectivity index (χ4v) is 5.03. The monoisotopic (exact) mass is 293 g/mol. The molecule has 2 heterocycles. The molecule has 4 nitrogen and oxygen atoms in total. The minimum Gasteiger partial charge on any atom is -0.345 e. The Morgan fingerprint density at radius 3 is 2.33 bits per heavy atom. The van der Waals surface area contributed by atoms with E-state index in [0.29, 0.717) is 37.6 Å². The summed E-state index contributed by atoms with van der Waals surface area (Å²) in [6.45, 7) is 4.18. The Morgan fingerprint density at radius 2 is 1.76 bits per heavy atom. The van der Waals surface area contributed by atoms with Crippen LogP contribution in [0.5, 0.6) is 0 Å². The van der Waals surface area contributed by atoms with Crippen LogP contribution in [-0.4, -0.2) is 42.4 Å². The number of nitrogens with zero attached hydrogens (tertiary/aromatic N) is 1. The van der Waals surface area contributed by atoms with E-state index in [1.165, 1.54) is 32.1 Å². The first-order valence-corrected chi connectivity index (χ1v) is 8.78. The van der Waals surface area contributed by atoms with Gasteiger partial charge >= 0.3 is 0 Å². The molecule has 1 amide bonds. The molecule has 1 atom stereocenters. The van der Waals surface area contributed by atoms with Gasteiger partial charge < -0.3 is 14.4 Å². The molecule has 2 saturated carbocycles. The van der Waals surface area contributed by atoms with Gasteiger partial charge in [0.2, 0.25) is 11.7 Å². The first-order valence-electron chi connectivity index (χ1n) is 8.78. The van der Waals surface area contributed by atoms with E-state index in [0.717, 1.165) is 19.3 Å². The van der Waals surface area contributed by atoms with Crippen molar-refractivity contribution in [3.8, 4) is 0 Å². The molecular formula is C17H27NO3. The fraction of sp³-hybridized carbons (Fsp3) is 0.941. The molecule has 21 heavy (non-hydrogen) atoms. The van der Waals surface area contributed by atoms with Gasteiger partial charge in [-0.2, -0.15) is 0 Å². The number of carbonyl (C=O) groups is 1. The zero-order valence-corrected chi connectivity index (χ0v) is 13.1. The van der Waals surface area contributed by atoms with Crippen LogP contribution >= 0.6 is 0 Å². The molecule has 2 spiro atoms. The normalized spacial score (nSPS) is 32.8. The van der Waals surface area contributed by atoms with Crippen molar-refractivity contribution in [3.63, 3.8) is 0 Å². The van der Waals surface area contributed by atoms with Crippen molar-refractivity contribution < 1.29 is 14.3 Å². The van der Waals surface area contributed by atoms with Crippen molar-refractivity contribution in [2.24, 2.45) is 11.3 Å². The molecule has 0 N–H and O–H groups in total. The highest BCUT2D eigenvalue weighted by Gasteiger charge is 2.70. The van der Waals surface area contributed by atoms with Crippen LogP contribution in [0.4, 0.5) is 0 Å². The molecule has 0 bridgehead atoms. The molecule has 118 valence electrons. The van der Waals surface area contributed by atoms with Crippen LogP contribution in [0.1, 0.15) is 58.3 Å². The second-order valence-corrected chi connectivity index (χ2v) is 7.46. The largest absolute Gasteiger partial charge is 0.345 e. The summed E-state index contributed by atoms with van der Waals surface area (Å²) in [6, 6.07) is 0.336. The molecule has 2 aliphatic carbocycles. The summed E-state index contributed by atoms with van der Waals surface area (Å²) in [4.78, 5) is 15.2. The van der Waals surface area contributed by atoms with E-state index in [2.05, 4.69) is 11.8 Å². The van der Waals surface area contributed by atoms with Crippen molar-refractivity contribution in [1.29, 1.82) is 0 Å². The number of fused-ring (bicyclic) bond motifs is 1. The predicted octanol–water partition coefficient (Wildman–Crippen LogP) is 2.71. The number of rotatable bonds is 2. The molecule has 4 fully saturated rings. The number of hydrogen-bond acceptors (Lipinski definition) is 3. The molecule has 4 rings (SSSR count). The Kier molecular flexibility index (Phi) is 3.30. The molecule has 2 saturated heterocycles. The van der Waals surface area contributed by atoms with Crippen molar-refractivity contribution in [3.05, 3.63) is 0 Å². The van der Waals surface area contributed by atoms with Crippen LogP contribution in [0.25, 0.3) is 0 Å². The molecule has 4 aliphatic rings. The van der Waals surface area contributed by atoms with Gasteiger partial charge in [0, 0.05) is 6.04 Å². The molecular weight excluding hydrogens is 266 g/mol. The van der Waals surface area contributed by atoms with Gasteiger partial charge in [0.15, 0.2) is 0 Å². The van der Waals surface area contributed by atoms with Crippen molar-refractivity contribution in [2.45, 2.75) is 70.1 Å². The summed E-state index contributed by atoms with van der Waals surface area (Å²) in [5, 5.41) is 0. The number of amides is 1. The molecule has 4 heteroatoms. The molecule has 0 aromatic heterocycles. The van der Waals surface area contributed by atoms with E-state index < -0.39 is 5.79 Å². The molecule has 2 aliphatic heterocycles. The first-order chi connectivity index (χ1) is 10.2. The Morgan fingerprint density at radius 1 is 1.10 bits per heavy atom. The van der Waals surface area contributed by atoms with Gasteiger partial charge in [-0.15, -0.1) is 0 Å². The van der Waals surface area contributed by atoms with E-state index in [-0.39, 0.29) is 5.41 Å². The molecule has 1 unspecified atom stereocenters. The second-order valence-electron chi connectivity index (χ2n) is 7.46. The maximum absolute atomic E-state index is 13.1. The van der Waals surface area contributed by atoms with Crippen LogP contribution in [0.3, 0.4) is 0 Å². The number of carbonyl (C=O) groups excluding carboxylic acids is 1. The lowest BCUT2D eigenvalue weighted by Gasteiger charge is -2.45. The first kappa shape index (κ1) is 14.0. The average Bonchev–Trinajstić information content (AvgIpc) is 3.03. The fourth-order valence-electron chi connectivity index (χ4n) is 5.03. The molecule has 0 aromatic rings. The highest BCUT2D eigenvalue weighted by atomic mass is 16.7. The summed E-state index contributed by atoms with van der Waals surface area (Å²) >= 11 is 0. The van der Waals surface area contributed by atoms with E-state index >= 15 is 0 Å². The van der Waals surface area contributed by atoms with Gasteiger partial charge in [0.25, 0.3) is 0 Å². The maximum Gasteiger partial charge on any atom is 0.234 e. The van der Waals surface area contributed by atoms with Crippen LogP contribution in [-0.2, 0) is 14.3 Å². The van der Waals surface area contributed by atoms with Crippen LogP contribution in [0, 0.1) is 11.3 Å². The molecule has 0 aromatic carbocycles. The highest BCUT2D eigenvalue weighted by Crippen LogP contribution is 2.58. The summed E-state index contributed by atoms with van der Waals surface area (Å²) in [5.74, 6) is 0.357. The lowest BCUT2D eigenvalue weighted by Crippen LogP contribution is -2.54. The SMILES string of the molecule is CC(C1CCCCC1)N1CC2(OCCO2)C2(CCC2)C1=O. The minimum atomic E-state index is -0.620.